The SMILES string of the molecule is CN(C)c1ccc(-c2noc(CCN(Cc3ccccc3)C(=O)Nc3ccc(F)cc3F)n2)cc1. The highest BCUT2D eigenvalue weighted by Crippen LogP contribution is 2.21. The van der Waals surface area contributed by atoms with Gasteiger partial charge in [0.1, 0.15) is 11.6 Å². The number of carbonyl (C=O) groups excluding carboxylic acids is 1. The van der Waals surface area contributed by atoms with Crippen LogP contribution in [0, 0.1) is 11.6 Å². The molecule has 7 nitrogen and oxygen atoms in total. The quantitative estimate of drug-likeness (QED) is 0.370. The number of urea groups is 1. The van der Waals surface area contributed by atoms with Crippen molar-refractivity contribution in [2.45, 2.75) is 13.0 Å². The largest absolute Gasteiger partial charge is 0.378 e. The van der Waals surface area contributed by atoms with Gasteiger partial charge in [0.05, 0.1) is 5.69 Å². The van der Waals surface area contributed by atoms with E-state index < -0.39 is 17.7 Å². The van der Waals surface area contributed by atoms with Gasteiger partial charge in [-0.2, -0.15) is 4.98 Å². The topological polar surface area (TPSA) is 74.5 Å². The van der Waals surface area contributed by atoms with Gasteiger partial charge in [-0.3, -0.25) is 0 Å². The van der Waals surface area contributed by atoms with Crippen LogP contribution < -0.4 is 10.2 Å². The van der Waals surface area contributed by atoms with Crippen molar-refractivity contribution in [1.82, 2.24) is 15.0 Å². The van der Waals surface area contributed by atoms with Gasteiger partial charge in [-0.25, -0.2) is 13.6 Å². The first-order chi connectivity index (χ1) is 16.9. The predicted molar refractivity (Wildman–Crippen MR) is 130 cm³/mol. The Labute approximate surface area is 202 Å². The Bertz CT molecular complexity index is 1280. The van der Waals surface area contributed by atoms with E-state index in [1.54, 1.807) is 0 Å². The molecule has 0 aliphatic rings. The van der Waals surface area contributed by atoms with Gasteiger partial charge in [-0.05, 0) is 42.0 Å². The van der Waals surface area contributed by atoms with Crippen LogP contribution in [0.5, 0.6) is 0 Å². The molecule has 35 heavy (non-hydrogen) atoms. The fourth-order valence-electron chi connectivity index (χ4n) is 3.45. The third kappa shape index (κ3) is 6.20. The Morgan fingerprint density at radius 1 is 1.00 bits per heavy atom. The van der Waals surface area contributed by atoms with Gasteiger partial charge in [0, 0.05) is 50.9 Å². The lowest BCUT2D eigenvalue weighted by Gasteiger charge is -2.23. The molecule has 0 aliphatic carbocycles. The number of hydrogen-bond acceptors (Lipinski definition) is 5. The van der Waals surface area contributed by atoms with Crippen LogP contribution in [-0.4, -0.2) is 41.7 Å². The summed E-state index contributed by atoms with van der Waals surface area (Å²) in [5.74, 6) is -0.738. The average molecular weight is 478 g/mol. The molecular weight excluding hydrogens is 452 g/mol. The summed E-state index contributed by atoms with van der Waals surface area (Å²) in [4.78, 5) is 20.9. The van der Waals surface area contributed by atoms with Crippen LogP contribution in [0.3, 0.4) is 0 Å². The summed E-state index contributed by atoms with van der Waals surface area (Å²) < 4.78 is 32.7. The Hall–Kier alpha value is -4.27. The van der Waals surface area contributed by atoms with E-state index in [1.807, 2.05) is 73.6 Å². The Balaban J connectivity index is 1.46. The molecule has 1 heterocycles. The van der Waals surface area contributed by atoms with E-state index >= 15 is 0 Å². The maximum atomic E-state index is 14.1. The van der Waals surface area contributed by atoms with Crippen molar-refractivity contribution < 1.29 is 18.1 Å². The Kier molecular flexibility index (Phi) is 7.35. The highest BCUT2D eigenvalue weighted by molar-refractivity contribution is 5.89. The van der Waals surface area contributed by atoms with Crippen molar-refractivity contribution in [2.24, 2.45) is 0 Å². The first kappa shape index (κ1) is 23.9. The number of hydrogen-bond donors (Lipinski definition) is 1. The molecule has 9 heteroatoms. The van der Waals surface area contributed by atoms with E-state index in [-0.39, 0.29) is 18.8 Å². The number of nitrogens with one attached hydrogen (secondary N) is 1. The van der Waals surface area contributed by atoms with Crippen LogP contribution in [0.2, 0.25) is 0 Å². The van der Waals surface area contributed by atoms with E-state index in [1.165, 1.54) is 11.0 Å². The molecule has 0 aliphatic heterocycles. The molecule has 0 unspecified atom stereocenters. The number of benzene rings is 3. The zero-order valence-electron chi connectivity index (χ0n) is 19.4. The van der Waals surface area contributed by atoms with E-state index in [4.69, 9.17) is 4.52 Å². The zero-order chi connectivity index (χ0) is 24.8. The van der Waals surface area contributed by atoms with Gasteiger partial charge in [0.25, 0.3) is 0 Å². The van der Waals surface area contributed by atoms with Gasteiger partial charge in [-0.1, -0.05) is 35.5 Å². The first-order valence-corrected chi connectivity index (χ1v) is 11.0. The number of anilines is 2. The van der Waals surface area contributed by atoms with Crippen molar-refractivity contribution >= 4 is 17.4 Å². The van der Waals surface area contributed by atoms with Crippen LogP contribution in [-0.2, 0) is 13.0 Å². The third-order valence-corrected chi connectivity index (χ3v) is 5.38. The van der Waals surface area contributed by atoms with E-state index in [0.717, 1.165) is 28.9 Å². The molecule has 0 bridgehead atoms. The second-order valence-corrected chi connectivity index (χ2v) is 8.16. The fourth-order valence-corrected chi connectivity index (χ4v) is 3.45. The second kappa shape index (κ2) is 10.8. The highest BCUT2D eigenvalue weighted by Gasteiger charge is 2.18. The molecule has 2 amide bonds. The molecule has 1 N–H and O–H groups in total. The standard InChI is InChI=1S/C26H25F2N5O2/c1-32(2)21-11-8-19(9-12-21)25-30-24(35-31-25)14-15-33(17-18-6-4-3-5-7-18)26(34)29-23-13-10-20(27)16-22(23)28/h3-13,16H,14-15,17H2,1-2H3,(H,29,34). The zero-order valence-corrected chi connectivity index (χ0v) is 19.4. The van der Waals surface area contributed by atoms with Crippen molar-refractivity contribution in [3.05, 3.63) is 95.9 Å². The van der Waals surface area contributed by atoms with Crippen LogP contribution in [0.15, 0.2) is 77.3 Å². The number of rotatable bonds is 8. The maximum absolute atomic E-state index is 14.1. The summed E-state index contributed by atoms with van der Waals surface area (Å²) >= 11 is 0. The minimum absolute atomic E-state index is 0.101. The Morgan fingerprint density at radius 3 is 2.43 bits per heavy atom. The van der Waals surface area contributed by atoms with Gasteiger partial charge < -0.3 is 19.6 Å². The lowest BCUT2D eigenvalue weighted by Crippen LogP contribution is -2.36. The smallest absolute Gasteiger partial charge is 0.322 e. The molecule has 0 fully saturated rings. The summed E-state index contributed by atoms with van der Waals surface area (Å²) in [6.45, 7) is 0.521. The normalized spacial score (nSPS) is 10.7. The number of amides is 2. The minimum atomic E-state index is -0.847. The predicted octanol–water partition coefficient (Wildman–Crippen LogP) is 5.36. The molecule has 0 saturated heterocycles. The van der Waals surface area contributed by atoms with E-state index in [0.29, 0.717) is 18.1 Å². The molecule has 0 radical (unpaired) electrons. The van der Waals surface area contributed by atoms with E-state index in [2.05, 4.69) is 15.5 Å². The molecule has 0 atom stereocenters. The molecule has 4 aromatic rings. The van der Waals surface area contributed by atoms with Crippen molar-refractivity contribution in [1.29, 1.82) is 0 Å². The van der Waals surface area contributed by atoms with Crippen LogP contribution >= 0.6 is 0 Å². The Morgan fingerprint density at radius 2 is 1.74 bits per heavy atom. The lowest BCUT2D eigenvalue weighted by atomic mass is 10.2. The van der Waals surface area contributed by atoms with E-state index in [9.17, 15) is 13.6 Å². The summed E-state index contributed by atoms with van der Waals surface area (Å²) in [7, 11) is 3.92. The molecule has 4 rings (SSSR count). The first-order valence-electron chi connectivity index (χ1n) is 11.0. The minimum Gasteiger partial charge on any atom is -0.378 e. The molecular formula is C26H25F2N5O2. The highest BCUT2D eigenvalue weighted by atomic mass is 19.1. The number of halogens is 2. The molecule has 180 valence electrons. The number of nitrogens with zero attached hydrogens (tertiary/aromatic N) is 4. The summed E-state index contributed by atoms with van der Waals surface area (Å²) in [6.07, 6.45) is 0.301. The summed E-state index contributed by atoms with van der Waals surface area (Å²) in [5, 5.41) is 6.57. The number of aromatic nitrogens is 2. The van der Waals surface area contributed by atoms with Crippen LogP contribution in [0.25, 0.3) is 11.4 Å². The summed E-state index contributed by atoms with van der Waals surface area (Å²) in [6, 6.07) is 19.6. The van der Waals surface area contributed by atoms with Gasteiger partial charge >= 0.3 is 6.03 Å². The third-order valence-electron chi connectivity index (χ3n) is 5.38. The molecule has 0 spiro atoms. The summed E-state index contributed by atoms with van der Waals surface area (Å²) in [5.41, 5.74) is 2.67. The van der Waals surface area contributed by atoms with Crippen LogP contribution in [0.1, 0.15) is 11.5 Å². The van der Waals surface area contributed by atoms with Gasteiger partial charge in [-0.15, -0.1) is 0 Å². The van der Waals surface area contributed by atoms with Crippen molar-refractivity contribution in [2.75, 3.05) is 30.9 Å². The number of carbonyl (C=O) groups is 1. The van der Waals surface area contributed by atoms with Crippen LogP contribution in [0.4, 0.5) is 25.0 Å². The van der Waals surface area contributed by atoms with Gasteiger partial charge in [0.15, 0.2) is 0 Å². The van der Waals surface area contributed by atoms with Gasteiger partial charge in [0.2, 0.25) is 11.7 Å². The molecule has 0 saturated carbocycles. The lowest BCUT2D eigenvalue weighted by molar-refractivity contribution is 0.207. The monoisotopic (exact) mass is 477 g/mol. The fraction of sp³-hybridized carbons (Fsp3) is 0.192. The second-order valence-electron chi connectivity index (χ2n) is 8.16. The molecule has 1 aromatic heterocycles. The van der Waals surface area contributed by atoms with Crippen molar-refractivity contribution in [3.63, 3.8) is 0 Å². The maximum Gasteiger partial charge on any atom is 0.322 e. The molecule has 3 aromatic carbocycles. The van der Waals surface area contributed by atoms with Crippen molar-refractivity contribution in [3.8, 4) is 11.4 Å². The average Bonchev–Trinajstić information content (AvgIpc) is 3.33.